The van der Waals surface area contributed by atoms with Gasteiger partial charge in [-0.2, -0.15) is 0 Å². The Morgan fingerprint density at radius 2 is 1.57 bits per heavy atom. The van der Waals surface area contributed by atoms with E-state index < -0.39 is 5.97 Å². The molecule has 0 amide bonds. The summed E-state index contributed by atoms with van der Waals surface area (Å²) in [5.41, 5.74) is 0. The van der Waals surface area contributed by atoms with E-state index in [1.165, 1.54) is 38.5 Å². The molecule has 134 valence electrons. The van der Waals surface area contributed by atoms with Gasteiger partial charge in [0.15, 0.2) is 0 Å². The van der Waals surface area contributed by atoms with Gasteiger partial charge in [0.25, 0.3) is 0 Å². The molecule has 0 saturated heterocycles. The van der Waals surface area contributed by atoms with E-state index in [9.17, 15) is 9.90 Å². The Balaban J connectivity index is 3.32. The summed E-state index contributed by atoms with van der Waals surface area (Å²) in [4.78, 5) is 10.4. The lowest BCUT2D eigenvalue weighted by Gasteiger charge is -2.03. The summed E-state index contributed by atoms with van der Waals surface area (Å²) < 4.78 is 0. The Kier molecular flexibility index (Phi) is 16.4. The molecule has 0 rings (SSSR count). The van der Waals surface area contributed by atoms with E-state index in [1.54, 1.807) is 0 Å². The van der Waals surface area contributed by atoms with Gasteiger partial charge in [-0.1, -0.05) is 82.6 Å². The quantitative estimate of drug-likeness (QED) is 0.285. The first-order valence-electron chi connectivity index (χ1n) is 9.40. The highest BCUT2D eigenvalue weighted by molar-refractivity contribution is 5.66. The monoisotopic (exact) mass is 324 g/mol. The van der Waals surface area contributed by atoms with E-state index in [2.05, 4.69) is 13.0 Å². The number of carboxylic acid groups (broad SMARTS) is 1. The second-order valence-electron chi connectivity index (χ2n) is 6.28. The van der Waals surface area contributed by atoms with Gasteiger partial charge in [0.1, 0.15) is 0 Å². The molecule has 0 saturated carbocycles. The first-order chi connectivity index (χ1) is 11.2. The molecule has 0 aliphatic carbocycles. The zero-order chi connectivity index (χ0) is 17.2. The largest absolute Gasteiger partial charge is 0.481 e. The maximum Gasteiger partial charge on any atom is 0.303 e. The smallest absolute Gasteiger partial charge is 0.303 e. The molecule has 0 spiro atoms. The van der Waals surface area contributed by atoms with Crippen molar-refractivity contribution in [2.75, 3.05) is 0 Å². The molecule has 1 atom stereocenters. The number of allylic oxidation sites excluding steroid dienone is 3. The minimum atomic E-state index is -0.681. The first kappa shape index (κ1) is 21.9. The SMILES string of the molecule is CCCCC[C@@H](O)/C=C\C=C/CCCCCCCCCC(=O)O. The molecule has 0 fully saturated rings. The summed E-state index contributed by atoms with van der Waals surface area (Å²) in [6, 6.07) is 0. The van der Waals surface area contributed by atoms with Gasteiger partial charge in [-0.05, 0) is 25.7 Å². The number of aliphatic carboxylic acids is 1. The summed E-state index contributed by atoms with van der Waals surface area (Å²) in [6.07, 6.45) is 21.4. The highest BCUT2D eigenvalue weighted by atomic mass is 16.4. The van der Waals surface area contributed by atoms with Crippen LogP contribution in [-0.2, 0) is 4.79 Å². The van der Waals surface area contributed by atoms with Crippen molar-refractivity contribution in [2.24, 2.45) is 0 Å². The number of hydrogen-bond donors (Lipinski definition) is 2. The topological polar surface area (TPSA) is 57.5 Å². The molecule has 3 heteroatoms. The Hall–Kier alpha value is -1.09. The summed E-state index contributed by atoms with van der Waals surface area (Å²) >= 11 is 0. The minimum absolute atomic E-state index is 0.299. The van der Waals surface area contributed by atoms with E-state index >= 15 is 0 Å². The number of aliphatic hydroxyl groups is 1. The van der Waals surface area contributed by atoms with Crippen molar-refractivity contribution < 1.29 is 15.0 Å². The van der Waals surface area contributed by atoms with Crippen molar-refractivity contribution in [3.63, 3.8) is 0 Å². The van der Waals surface area contributed by atoms with Gasteiger partial charge in [-0.3, -0.25) is 4.79 Å². The zero-order valence-corrected chi connectivity index (χ0v) is 14.9. The molecular formula is C20H36O3. The van der Waals surface area contributed by atoms with Crippen molar-refractivity contribution in [2.45, 2.75) is 96.5 Å². The lowest BCUT2D eigenvalue weighted by Crippen LogP contribution is -2.00. The summed E-state index contributed by atoms with van der Waals surface area (Å²) in [6.45, 7) is 2.17. The molecule has 0 aliphatic heterocycles. The average Bonchev–Trinajstić information content (AvgIpc) is 2.51. The molecule has 0 aromatic rings. The molecule has 2 N–H and O–H groups in total. The second kappa shape index (κ2) is 17.3. The molecule has 0 bridgehead atoms. The number of hydrogen-bond acceptors (Lipinski definition) is 2. The van der Waals surface area contributed by atoms with Crippen LogP contribution in [0.5, 0.6) is 0 Å². The average molecular weight is 325 g/mol. The maximum absolute atomic E-state index is 10.4. The predicted octanol–water partition coefficient (Wildman–Crippen LogP) is 5.64. The van der Waals surface area contributed by atoms with Gasteiger partial charge >= 0.3 is 5.97 Å². The standard InChI is InChI=1S/C20H36O3/c1-2-3-13-16-19(21)17-14-11-9-7-5-4-6-8-10-12-15-18-20(22)23/h9,11,14,17,19,21H,2-8,10,12-13,15-16,18H2,1H3,(H,22,23)/b11-9-,17-14-/t19-/m1/s1. The summed E-state index contributed by atoms with van der Waals surface area (Å²) in [7, 11) is 0. The molecule has 0 unspecified atom stereocenters. The molecule has 0 radical (unpaired) electrons. The van der Waals surface area contributed by atoms with E-state index in [1.807, 2.05) is 18.2 Å². The number of aliphatic hydroxyl groups excluding tert-OH is 1. The molecule has 0 aromatic carbocycles. The Morgan fingerprint density at radius 3 is 2.22 bits per heavy atom. The van der Waals surface area contributed by atoms with Gasteiger partial charge in [0, 0.05) is 6.42 Å². The van der Waals surface area contributed by atoms with Crippen LogP contribution in [0.15, 0.2) is 24.3 Å². The van der Waals surface area contributed by atoms with Gasteiger partial charge in [-0.25, -0.2) is 0 Å². The van der Waals surface area contributed by atoms with Crippen molar-refractivity contribution in [1.82, 2.24) is 0 Å². The van der Waals surface area contributed by atoms with E-state index in [4.69, 9.17) is 5.11 Å². The Morgan fingerprint density at radius 1 is 0.913 bits per heavy atom. The van der Waals surface area contributed by atoms with Crippen LogP contribution in [0.1, 0.15) is 90.4 Å². The predicted molar refractivity (Wildman–Crippen MR) is 97.6 cm³/mol. The van der Waals surface area contributed by atoms with Crippen LogP contribution >= 0.6 is 0 Å². The van der Waals surface area contributed by atoms with Gasteiger partial charge in [0.2, 0.25) is 0 Å². The molecule has 0 heterocycles. The van der Waals surface area contributed by atoms with Crippen molar-refractivity contribution in [1.29, 1.82) is 0 Å². The number of carboxylic acids is 1. The molecule has 0 aromatic heterocycles. The summed E-state index contributed by atoms with van der Waals surface area (Å²) in [5, 5.41) is 18.2. The highest BCUT2D eigenvalue weighted by Gasteiger charge is 1.97. The van der Waals surface area contributed by atoms with Crippen LogP contribution in [0, 0.1) is 0 Å². The Labute approximate surface area is 142 Å². The lowest BCUT2D eigenvalue weighted by molar-refractivity contribution is -0.137. The van der Waals surface area contributed by atoms with Crippen LogP contribution in [-0.4, -0.2) is 22.3 Å². The van der Waals surface area contributed by atoms with Gasteiger partial charge in [0.05, 0.1) is 6.10 Å². The number of rotatable bonds is 16. The zero-order valence-electron chi connectivity index (χ0n) is 14.9. The second-order valence-corrected chi connectivity index (χ2v) is 6.28. The first-order valence-corrected chi connectivity index (χ1v) is 9.40. The van der Waals surface area contributed by atoms with Crippen molar-refractivity contribution in [3.8, 4) is 0 Å². The van der Waals surface area contributed by atoms with Crippen LogP contribution in [0.3, 0.4) is 0 Å². The Bertz CT molecular complexity index is 321. The fraction of sp³-hybridized carbons (Fsp3) is 0.750. The third kappa shape index (κ3) is 18.9. The third-order valence-electron chi connectivity index (χ3n) is 3.95. The van der Waals surface area contributed by atoms with Crippen molar-refractivity contribution >= 4 is 5.97 Å². The van der Waals surface area contributed by atoms with E-state index in [0.717, 1.165) is 38.5 Å². The van der Waals surface area contributed by atoms with Crippen LogP contribution in [0.4, 0.5) is 0 Å². The fourth-order valence-corrected chi connectivity index (χ4v) is 2.49. The molecule has 23 heavy (non-hydrogen) atoms. The minimum Gasteiger partial charge on any atom is -0.481 e. The lowest BCUT2D eigenvalue weighted by atomic mass is 10.1. The van der Waals surface area contributed by atoms with Crippen LogP contribution in [0.25, 0.3) is 0 Å². The number of unbranched alkanes of at least 4 members (excludes halogenated alkanes) is 9. The van der Waals surface area contributed by atoms with E-state index in [-0.39, 0.29) is 6.10 Å². The number of carbonyl (C=O) groups is 1. The summed E-state index contributed by atoms with van der Waals surface area (Å²) in [5.74, 6) is -0.681. The van der Waals surface area contributed by atoms with E-state index in [0.29, 0.717) is 6.42 Å². The van der Waals surface area contributed by atoms with Crippen LogP contribution in [0.2, 0.25) is 0 Å². The molecule has 3 nitrogen and oxygen atoms in total. The van der Waals surface area contributed by atoms with Gasteiger partial charge in [-0.15, -0.1) is 0 Å². The van der Waals surface area contributed by atoms with Crippen LogP contribution < -0.4 is 0 Å². The maximum atomic E-state index is 10.4. The highest BCUT2D eigenvalue weighted by Crippen LogP contribution is 2.10. The molecule has 0 aliphatic rings. The van der Waals surface area contributed by atoms with Gasteiger partial charge < -0.3 is 10.2 Å². The molecular weight excluding hydrogens is 288 g/mol. The normalized spacial score (nSPS) is 13.1. The fourth-order valence-electron chi connectivity index (χ4n) is 2.49. The third-order valence-corrected chi connectivity index (χ3v) is 3.95. The van der Waals surface area contributed by atoms with Crippen molar-refractivity contribution in [3.05, 3.63) is 24.3 Å².